The van der Waals surface area contributed by atoms with Crippen LogP contribution in [0.15, 0.2) is 18.7 Å². The van der Waals surface area contributed by atoms with Crippen molar-refractivity contribution in [2.24, 2.45) is 0 Å². The Hall–Kier alpha value is -1.36. The zero-order chi connectivity index (χ0) is 16.8. The Labute approximate surface area is 136 Å². The predicted molar refractivity (Wildman–Crippen MR) is 94.4 cm³/mol. The highest BCUT2D eigenvalue weighted by molar-refractivity contribution is 6.78. The number of rotatable bonds is 8. The molecule has 0 saturated carbocycles. The van der Waals surface area contributed by atoms with Crippen LogP contribution in [0.2, 0.25) is 16.6 Å². The summed E-state index contributed by atoms with van der Waals surface area (Å²) in [7, 11) is -1.94. The molecule has 0 aliphatic heterocycles. The van der Waals surface area contributed by atoms with Crippen molar-refractivity contribution in [2.75, 3.05) is 6.61 Å². The summed E-state index contributed by atoms with van der Waals surface area (Å²) in [6, 6.07) is 0. The van der Waals surface area contributed by atoms with Gasteiger partial charge in [0.2, 0.25) is 0 Å². The lowest BCUT2D eigenvalue weighted by Gasteiger charge is -2.41. The van der Waals surface area contributed by atoms with Crippen molar-refractivity contribution in [1.82, 2.24) is 9.97 Å². The van der Waals surface area contributed by atoms with Gasteiger partial charge in [-0.05, 0) is 23.5 Å². The summed E-state index contributed by atoms with van der Waals surface area (Å²) < 4.78 is 11.7. The molecule has 0 unspecified atom stereocenters. The van der Waals surface area contributed by atoms with Crippen LogP contribution in [-0.4, -0.2) is 24.9 Å². The molecule has 124 valence electrons. The maximum Gasteiger partial charge on any atom is 0.258 e. The second-order valence-corrected chi connectivity index (χ2v) is 11.8. The van der Waals surface area contributed by atoms with E-state index in [1.54, 1.807) is 24.7 Å². The van der Waals surface area contributed by atoms with Crippen LogP contribution in [-0.2, 0) is 4.74 Å². The lowest BCUT2D eigenvalue weighted by molar-refractivity contribution is 0.272. The summed E-state index contributed by atoms with van der Waals surface area (Å²) in [5, 5.41) is 0. The molecule has 22 heavy (non-hydrogen) atoms. The number of aromatic nitrogens is 2. The van der Waals surface area contributed by atoms with Gasteiger partial charge in [0, 0.05) is 6.08 Å². The highest BCUT2D eigenvalue weighted by Gasteiger charge is 2.47. The molecular weight excluding hydrogens is 292 g/mol. The van der Waals surface area contributed by atoms with Gasteiger partial charge >= 0.3 is 0 Å². The average Bonchev–Trinajstić information content (AvgIpc) is 2.45. The van der Waals surface area contributed by atoms with E-state index in [0.29, 0.717) is 29.1 Å². The van der Waals surface area contributed by atoms with Gasteiger partial charge in [0.05, 0.1) is 25.3 Å². The second kappa shape index (κ2) is 8.32. The minimum atomic E-state index is -1.94. The van der Waals surface area contributed by atoms with Crippen LogP contribution in [0.3, 0.4) is 0 Å². The zero-order valence-electron chi connectivity index (χ0n) is 15.0. The molecular formula is C17H30N2O2Si. The van der Waals surface area contributed by atoms with E-state index in [9.17, 15) is 0 Å². The zero-order valence-corrected chi connectivity index (χ0v) is 16.0. The van der Waals surface area contributed by atoms with E-state index < -0.39 is 8.32 Å². The van der Waals surface area contributed by atoms with Gasteiger partial charge in [-0.2, -0.15) is 0 Å². The third kappa shape index (κ3) is 4.32. The molecule has 0 aliphatic carbocycles. The first-order valence-corrected chi connectivity index (χ1v) is 10.3. The van der Waals surface area contributed by atoms with Crippen LogP contribution >= 0.6 is 0 Å². The summed E-state index contributed by atoms with van der Waals surface area (Å²) in [6.45, 7) is 16.2. The Morgan fingerprint density at radius 2 is 1.50 bits per heavy atom. The molecule has 4 nitrogen and oxygen atoms in total. The summed E-state index contributed by atoms with van der Waals surface area (Å²) in [4.78, 5) is 8.66. The molecule has 0 saturated heterocycles. The molecule has 1 heterocycles. The molecule has 0 spiro atoms. The first-order chi connectivity index (χ1) is 10.3. The molecule has 1 aromatic rings. The van der Waals surface area contributed by atoms with Gasteiger partial charge in [-0.1, -0.05) is 41.5 Å². The van der Waals surface area contributed by atoms with Crippen molar-refractivity contribution in [2.45, 2.75) is 65.1 Å². The Morgan fingerprint density at radius 3 is 1.91 bits per heavy atom. The summed E-state index contributed by atoms with van der Waals surface area (Å²) in [5.41, 5.74) is 1.60. The molecule has 0 N–H and O–H groups in total. The third-order valence-corrected chi connectivity index (χ3v) is 10.1. The van der Waals surface area contributed by atoms with Crippen LogP contribution in [0.5, 0.6) is 5.75 Å². The maximum atomic E-state index is 6.53. The molecule has 0 amide bonds. The lowest BCUT2D eigenvalue weighted by Crippen LogP contribution is -2.50. The minimum absolute atomic E-state index is 0.532. The number of nitrogens with zero attached hydrogens (tertiary/aromatic N) is 2. The van der Waals surface area contributed by atoms with Gasteiger partial charge in [0.25, 0.3) is 8.32 Å². The Balaban J connectivity index is 2.95. The van der Waals surface area contributed by atoms with Gasteiger partial charge in [-0.3, -0.25) is 0 Å². The number of hydrogen-bond acceptors (Lipinski definition) is 4. The van der Waals surface area contributed by atoms with E-state index in [-0.39, 0.29) is 0 Å². The highest BCUT2D eigenvalue weighted by Crippen LogP contribution is 2.42. The van der Waals surface area contributed by atoms with Crippen LogP contribution in [0.4, 0.5) is 0 Å². The van der Waals surface area contributed by atoms with E-state index in [2.05, 4.69) is 51.5 Å². The van der Waals surface area contributed by atoms with Crippen molar-refractivity contribution in [1.29, 1.82) is 0 Å². The number of ether oxygens (including phenoxy) is 1. The van der Waals surface area contributed by atoms with Crippen LogP contribution in [0.25, 0.3) is 6.08 Å². The van der Waals surface area contributed by atoms with Crippen molar-refractivity contribution in [3.05, 3.63) is 24.5 Å². The van der Waals surface area contributed by atoms with Gasteiger partial charge < -0.3 is 9.16 Å². The van der Waals surface area contributed by atoms with Gasteiger partial charge in [0.1, 0.15) is 5.75 Å². The van der Waals surface area contributed by atoms with E-state index in [1.807, 2.05) is 6.92 Å². The Bertz CT molecular complexity index is 448. The molecule has 1 aromatic heterocycles. The molecule has 5 heteroatoms. The molecule has 1 rings (SSSR count). The largest absolute Gasteiger partial charge is 0.541 e. The van der Waals surface area contributed by atoms with Crippen LogP contribution in [0, 0.1) is 0 Å². The lowest BCUT2D eigenvalue weighted by atomic mass is 10.5. The SMILES string of the molecule is CCOC=Cc1ncc(O[Si](C(C)C)(C(C)C)C(C)C)cn1. The molecule has 0 aliphatic rings. The Kier molecular flexibility index (Phi) is 7.06. The molecule has 0 fully saturated rings. The van der Waals surface area contributed by atoms with Crippen molar-refractivity contribution in [3.63, 3.8) is 0 Å². The van der Waals surface area contributed by atoms with E-state index in [4.69, 9.17) is 9.16 Å². The summed E-state index contributed by atoms with van der Waals surface area (Å²) in [6.07, 6.45) is 6.91. The summed E-state index contributed by atoms with van der Waals surface area (Å²) in [5.74, 6) is 1.41. The fraction of sp³-hybridized carbons (Fsp3) is 0.647. The van der Waals surface area contributed by atoms with E-state index in [1.165, 1.54) is 0 Å². The predicted octanol–water partition coefficient (Wildman–Crippen LogP) is 5.04. The molecule has 0 aromatic carbocycles. The van der Waals surface area contributed by atoms with Crippen molar-refractivity contribution < 1.29 is 9.16 Å². The fourth-order valence-corrected chi connectivity index (χ4v) is 8.45. The maximum absolute atomic E-state index is 6.53. The van der Waals surface area contributed by atoms with Crippen LogP contribution < -0.4 is 4.43 Å². The smallest absolute Gasteiger partial charge is 0.258 e. The quantitative estimate of drug-likeness (QED) is 0.497. The summed E-state index contributed by atoms with van der Waals surface area (Å²) >= 11 is 0. The van der Waals surface area contributed by atoms with Gasteiger partial charge in [-0.15, -0.1) is 0 Å². The van der Waals surface area contributed by atoms with E-state index >= 15 is 0 Å². The molecule has 0 atom stereocenters. The van der Waals surface area contributed by atoms with Crippen molar-refractivity contribution >= 4 is 14.4 Å². The number of hydrogen-bond donors (Lipinski definition) is 0. The van der Waals surface area contributed by atoms with Gasteiger partial charge in [0.15, 0.2) is 5.82 Å². The fourth-order valence-electron chi connectivity index (χ4n) is 3.23. The minimum Gasteiger partial charge on any atom is -0.541 e. The van der Waals surface area contributed by atoms with Gasteiger partial charge in [-0.25, -0.2) is 9.97 Å². The molecule has 0 radical (unpaired) electrons. The van der Waals surface area contributed by atoms with Crippen LogP contribution in [0.1, 0.15) is 54.3 Å². The Morgan fingerprint density at radius 1 is 1.00 bits per heavy atom. The second-order valence-electron chi connectivity index (χ2n) is 6.45. The first-order valence-electron chi connectivity index (χ1n) is 8.13. The topological polar surface area (TPSA) is 44.2 Å². The standard InChI is InChI=1S/C17H30N2O2Si/c1-8-20-10-9-17-18-11-16(12-19-17)21-22(13(2)3,14(4)5)15(6)7/h9-15H,8H2,1-7H3. The third-order valence-electron chi connectivity index (χ3n) is 4.13. The average molecular weight is 323 g/mol. The molecule has 0 bridgehead atoms. The highest BCUT2D eigenvalue weighted by atomic mass is 28.4. The first kappa shape index (κ1) is 18.7. The monoisotopic (exact) mass is 322 g/mol. The van der Waals surface area contributed by atoms with Crippen molar-refractivity contribution in [3.8, 4) is 5.75 Å². The normalized spacial score (nSPS) is 12.6. The van der Waals surface area contributed by atoms with E-state index in [0.717, 1.165) is 5.75 Å².